The van der Waals surface area contributed by atoms with Gasteiger partial charge < -0.3 is 15.1 Å². The van der Waals surface area contributed by atoms with Crippen LogP contribution in [0.3, 0.4) is 0 Å². The quantitative estimate of drug-likeness (QED) is 0.596. The minimum absolute atomic E-state index is 0.183. The van der Waals surface area contributed by atoms with Gasteiger partial charge in [-0.1, -0.05) is 40.0 Å². The molecule has 32 heavy (non-hydrogen) atoms. The lowest BCUT2D eigenvalue weighted by Gasteiger charge is -2.39. The molecule has 1 aromatic rings. The van der Waals surface area contributed by atoms with Gasteiger partial charge in [0.2, 0.25) is 0 Å². The summed E-state index contributed by atoms with van der Waals surface area (Å²) < 4.78 is 39.2. The van der Waals surface area contributed by atoms with Crippen LogP contribution in [0, 0.1) is 12.8 Å². The van der Waals surface area contributed by atoms with Crippen LogP contribution >= 0.6 is 11.3 Å². The summed E-state index contributed by atoms with van der Waals surface area (Å²) in [5.74, 6) is 0.340. The van der Waals surface area contributed by atoms with E-state index in [1.807, 2.05) is 20.8 Å². The summed E-state index contributed by atoms with van der Waals surface area (Å²) in [6, 6.07) is 0. The minimum Gasteiger partial charge on any atom is -0.382 e. The third kappa shape index (κ3) is 4.82. The molecule has 0 radical (unpaired) electrons. The summed E-state index contributed by atoms with van der Waals surface area (Å²) in [4.78, 5) is 19.6. The van der Waals surface area contributed by atoms with Crippen LogP contribution in [-0.4, -0.2) is 48.1 Å². The molecule has 1 fully saturated rings. The number of fused-ring (bicyclic) bond motifs is 1. The molecule has 5 nitrogen and oxygen atoms in total. The van der Waals surface area contributed by atoms with Gasteiger partial charge in [-0.3, -0.25) is 9.69 Å². The maximum atomic E-state index is 13.4. The number of thiophene rings is 1. The zero-order valence-electron chi connectivity index (χ0n) is 18.9. The molecule has 1 atom stereocenters. The van der Waals surface area contributed by atoms with Crippen molar-refractivity contribution in [2.75, 3.05) is 31.1 Å². The molecule has 3 rings (SSSR count). The lowest BCUT2D eigenvalue weighted by molar-refractivity contribution is -0.132. The van der Waals surface area contributed by atoms with Gasteiger partial charge in [0.1, 0.15) is 10.8 Å². The number of hydrogen-bond donors (Lipinski definition) is 1. The Morgan fingerprint density at radius 3 is 2.53 bits per heavy atom. The fourth-order valence-electron chi connectivity index (χ4n) is 3.87. The Hall–Kier alpha value is -2.42. The van der Waals surface area contributed by atoms with Crippen molar-refractivity contribution in [1.29, 1.82) is 0 Å². The normalized spacial score (nSPS) is 18.2. The molecule has 1 N–H and O–H groups in total. The van der Waals surface area contributed by atoms with Gasteiger partial charge in [0.15, 0.2) is 0 Å². The van der Waals surface area contributed by atoms with E-state index in [1.54, 1.807) is 9.80 Å². The van der Waals surface area contributed by atoms with Crippen molar-refractivity contribution in [3.05, 3.63) is 53.0 Å². The highest BCUT2D eigenvalue weighted by Gasteiger charge is 2.39. The monoisotopic (exact) mass is 468 g/mol. The lowest BCUT2D eigenvalue weighted by atomic mass is 10.0. The second-order valence-corrected chi connectivity index (χ2v) is 9.55. The molecule has 0 saturated carbocycles. The molecule has 0 aliphatic carbocycles. The van der Waals surface area contributed by atoms with E-state index in [1.165, 1.54) is 11.3 Å². The number of carbonyl (C=O) groups excluding carboxylic acids is 1. The number of hydrogen-bond acceptors (Lipinski definition) is 5. The highest BCUT2D eigenvalue weighted by Crippen LogP contribution is 2.44. The highest BCUT2D eigenvalue weighted by atomic mass is 32.1. The predicted octanol–water partition coefficient (Wildman–Crippen LogP) is 5.22. The van der Waals surface area contributed by atoms with E-state index < -0.39 is 12.6 Å². The number of anilines is 1. The summed E-state index contributed by atoms with van der Waals surface area (Å²) in [6.07, 6.45) is -4.41. The van der Waals surface area contributed by atoms with E-state index in [4.69, 9.17) is 0 Å². The molecule has 0 aromatic carbocycles. The van der Waals surface area contributed by atoms with E-state index in [9.17, 15) is 18.0 Å². The number of halogens is 3. The maximum Gasteiger partial charge on any atom is 0.390 e. The van der Waals surface area contributed by atoms with Gasteiger partial charge >= 0.3 is 6.18 Å². The Morgan fingerprint density at radius 1 is 1.22 bits per heavy atom. The van der Waals surface area contributed by atoms with Gasteiger partial charge in [-0.05, 0) is 18.4 Å². The van der Waals surface area contributed by atoms with Gasteiger partial charge in [0.25, 0.3) is 5.91 Å². The summed E-state index contributed by atoms with van der Waals surface area (Å²) in [6.45, 7) is 20.1. The molecule has 0 spiro atoms. The second-order valence-electron chi connectivity index (χ2n) is 8.47. The zero-order chi connectivity index (χ0) is 23.8. The van der Waals surface area contributed by atoms with Crippen molar-refractivity contribution in [3.63, 3.8) is 0 Å². The van der Waals surface area contributed by atoms with Gasteiger partial charge in [0, 0.05) is 36.8 Å². The Bertz CT molecular complexity index is 936. The van der Waals surface area contributed by atoms with Crippen LogP contribution in [0.4, 0.5) is 18.2 Å². The molecule has 9 heteroatoms. The molecular weight excluding hydrogens is 437 g/mol. The molecule has 1 saturated heterocycles. The zero-order valence-corrected chi connectivity index (χ0v) is 19.8. The van der Waals surface area contributed by atoms with Gasteiger partial charge in [-0.25, -0.2) is 0 Å². The standard InChI is InChI=1S/C23H31F3N4OS/c1-7-14(2)12-30-18(6)29(10-8-23(24,25)26)22-20(21(30)31)15(3)19(32-22)13-28-11-9-27-16(4)17(28)5/h14,27H,4-13H2,1-3H3. The van der Waals surface area contributed by atoms with Crippen molar-refractivity contribution in [1.82, 2.24) is 15.1 Å². The smallest absolute Gasteiger partial charge is 0.382 e. The van der Waals surface area contributed by atoms with Crippen LogP contribution in [0.15, 0.2) is 37.0 Å². The molecule has 2 aliphatic rings. The van der Waals surface area contributed by atoms with Crippen molar-refractivity contribution < 1.29 is 18.0 Å². The first-order valence-corrected chi connectivity index (χ1v) is 11.6. The van der Waals surface area contributed by atoms with Crippen LogP contribution in [0.25, 0.3) is 0 Å². The molecule has 3 heterocycles. The summed E-state index contributed by atoms with van der Waals surface area (Å²) in [5.41, 5.74) is 2.84. The average Bonchev–Trinajstić information content (AvgIpc) is 3.03. The number of rotatable bonds is 7. The minimum atomic E-state index is -4.29. The Kier molecular flexibility index (Phi) is 6.97. The summed E-state index contributed by atoms with van der Waals surface area (Å²) in [5, 5.41) is 3.72. The van der Waals surface area contributed by atoms with E-state index >= 15 is 0 Å². The molecule has 1 amide bonds. The highest BCUT2D eigenvalue weighted by molar-refractivity contribution is 7.16. The second kappa shape index (κ2) is 9.21. The van der Waals surface area contributed by atoms with Crippen LogP contribution in [-0.2, 0) is 6.54 Å². The SMILES string of the molecule is C=C1NCCN(Cc2sc3c(c2C)C(=O)N(CC(C)CC)C(=C)N3CCC(F)(F)F)C1=C. The fourth-order valence-corrected chi connectivity index (χ4v) is 5.23. The van der Waals surface area contributed by atoms with E-state index in [2.05, 4.69) is 30.0 Å². The van der Waals surface area contributed by atoms with Crippen LogP contribution in [0.1, 0.15) is 47.5 Å². The third-order valence-electron chi connectivity index (χ3n) is 6.15. The number of nitrogens with one attached hydrogen (secondary N) is 1. The first-order chi connectivity index (χ1) is 14.9. The lowest BCUT2D eigenvalue weighted by Crippen LogP contribution is -2.46. The molecule has 176 valence electrons. The predicted molar refractivity (Wildman–Crippen MR) is 123 cm³/mol. The van der Waals surface area contributed by atoms with Crippen molar-refractivity contribution in [3.8, 4) is 0 Å². The fraction of sp³-hybridized carbons (Fsp3) is 0.522. The van der Waals surface area contributed by atoms with Crippen LogP contribution in [0.5, 0.6) is 0 Å². The maximum absolute atomic E-state index is 13.4. The van der Waals surface area contributed by atoms with E-state index in [0.29, 0.717) is 29.5 Å². The summed E-state index contributed by atoms with van der Waals surface area (Å²) >= 11 is 1.37. The van der Waals surface area contributed by atoms with Crippen LogP contribution in [0.2, 0.25) is 0 Å². The Balaban J connectivity index is 1.98. The Labute approximate surface area is 191 Å². The first kappa shape index (κ1) is 24.2. The van der Waals surface area contributed by atoms with E-state index in [0.717, 1.165) is 41.3 Å². The van der Waals surface area contributed by atoms with Crippen molar-refractivity contribution >= 4 is 22.2 Å². The van der Waals surface area contributed by atoms with Crippen LogP contribution < -0.4 is 10.2 Å². The van der Waals surface area contributed by atoms with E-state index in [-0.39, 0.29) is 18.4 Å². The van der Waals surface area contributed by atoms with Crippen molar-refractivity contribution in [2.45, 2.75) is 46.3 Å². The Morgan fingerprint density at radius 2 is 1.91 bits per heavy atom. The number of carbonyl (C=O) groups is 1. The molecule has 1 unspecified atom stereocenters. The number of piperazine rings is 1. The van der Waals surface area contributed by atoms with Gasteiger partial charge in [0.05, 0.1) is 24.2 Å². The first-order valence-electron chi connectivity index (χ1n) is 10.8. The number of amides is 1. The topological polar surface area (TPSA) is 38.8 Å². The van der Waals surface area contributed by atoms with Crippen molar-refractivity contribution in [2.24, 2.45) is 5.92 Å². The van der Waals surface area contributed by atoms with Gasteiger partial charge in [-0.2, -0.15) is 13.2 Å². The molecular formula is C23H31F3N4OS. The summed E-state index contributed by atoms with van der Waals surface area (Å²) in [7, 11) is 0. The molecule has 1 aromatic heterocycles. The molecule has 0 bridgehead atoms. The number of alkyl halides is 3. The number of nitrogens with zero attached hydrogens (tertiary/aromatic N) is 3. The molecule has 2 aliphatic heterocycles. The third-order valence-corrected chi connectivity index (χ3v) is 7.45. The van der Waals surface area contributed by atoms with Gasteiger partial charge in [-0.15, -0.1) is 11.3 Å². The largest absolute Gasteiger partial charge is 0.390 e. The average molecular weight is 469 g/mol.